The molecule has 8 nitrogen and oxygen atoms in total. The summed E-state index contributed by atoms with van der Waals surface area (Å²) >= 11 is 0. The molecule has 0 aliphatic heterocycles. The predicted molar refractivity (Wildman–Crippen MR) is 107 cm³/mol. The van der Waals surface area contributed by atoms with E-state index in [2.05, 4.69) is 20.9 Å². The first-order chi connectivity index (χ1) is 13.4. The van der Waals surface area contributed by atoms with Crippen LogP contribution >= 0.6 is 0 Å². The number of hydrogen-bond acceptors (Lipinski definition) is 5. The van der Waals surface area contributed by atoms with E-state index in [0.717, 1.165) is 16.7 Å². The molecule has 1 heterocycles. The summed E-state index contributed by atoms with van der Waals surface area (Å²) in [6.45, 7) is 4.12. The molecule has 2 aromatic carbocycles. The van der Waals surface area contributed by atoms with Gasteiger partial charge in [0.1, 0.15) is 6.54 Å². The zero-order valence-corrected chi connectivity index (χ0v) is 15.8. The highest BCUT2D eigenvalue weighted by molar-refractivity contribution is 5.96. The molecule has 0 saturated heterocycles. The highest BCUT2D eigenvalue weighted by Crippen LogP contribution is 2.14. The van der Waals surface area contributed by atoms with E-state index in [4.69, 9.17) is 5.73 Å². The smallest absolute Gasteiger partial charge is 0.275 e. The number of anilines is 2. The Balaban J connectivity index is 1.62. The summed E-state index contributed by atoms with van der Waals surface area (Å²) in [6.07, 6.45) is 0. The third kappa shape index (κ3) is 4.73. The Morgan fingerprint density at radius 1 is 1.07 bits per heavy atom. The number of carbonyl (C=O) groups excluding carboxylic acids is 2. The molecule has 0 saturated carbocycles. The fraction of sp³-hybridized carbons (Fsp3) is 0.200. The van der Waals surface area contributed by atoms with E-state index in [0.29, 0.717) is 12.2 Å². The van der Waals surface area contributed by atoms with Gasteiger partial charge in [0.05, 0.1) is 0 Å². The second-order valence-electron chi connectivity index (χ2n) is 6.57. The molecule has 3 aromatic rings. The van der Waals surface area contributed by atoms with Gasteiger partial charge in [-0.15, -0.1) is 5.10 Å². The van der Waals surface area contributed by atoms with Gasteiger partial charge in [0.25, 0.3) is 5.91 Å². The topological polar surface area (TPSA) is 115 Å². The third-order valence-electron chi connectivity index (χ3n) is 4.08. The van der Waals surface area contributed by atoms with Crippen molar-refractivity contribution in [3.8, 4) is 0 Å². The van der Waals surface area contributed by atoms with Crippen molar-refractivity contribution in [1.29, 1.82) is 0 Å². The Morgan fingerprint density at radius 3 is 2.43 bits per heavy atom. The molecule has 0 unspecified atom stereocenters. The van der Waals surface area contributed by atoms with Crippen molar-refractivity contribution in [2.45, 2.75) is 26.9 Å². The lowest BCUT2D eigenvalue weighted by Gasteiger charge is -2.08. The Kier molecular flexibility index (Phi) is 5.69. The van der Waals surface area contributed by atoms with E-state index in [1.807, 2.05) is 62.4 Å². The Bertz CT molecular complexity index is 977. The minimum Gasteiger partial charge on any atom is -0.382 e. The van der Waals surface area contributed by atoms with Crippen molar-refractivity contribution < 1.29 is 9.59 Å². The zero-order chi connectivity index (χ0) is 20.1. The maximum Gasteiger partial charge on any atom is 0.275 e. The van der Waals surface area contributed by atoms with Crippen molar-refractivity contribution in [1.82, 2.24) is 20.3 Å². The summed E-state index contributed by atoms with van der Waals surface area (Å²) in [5.41, 5.74) is 9.70. The van der Waals surface area contributed by atoms with Gasteiger partial charge in [-0.3, -0.25) is 9.59 Å². The summed E-state index contributed by atoms with van der Waals surface area (Å²) in [6, 6.07) is 15.2. The molecule has 0 bridgehead atoms. The van der Waals surface area contributed by atoms with Crippen LogP contribution in [0.15, 0.2) is 48.5 Å². The van der Waals surface area contributed by atoms with Gasteiger partial charge in [0.2, 0.25) is 5.91 Å². The molecule has 144 valence electrons. The van der Waals surface area contributed by atoms with E-state index in [1.54, 1.807) is 0 Å². The standard InChI is InChI=1S/C20H22N6O2/c1-13-8-14(2)10-16(9-13)23-17(27)12-26-19(21)18(24-25-26)20(28)22-11-15-6-4-3-5-7-15/h3-10H,11-12,21H2,1-2H3,(H,22,28)(H,23,27). The summed E-state index contributed by atoms with van der Waals surface area (Å²) in [5, 5.41) is 13.2. The van der Waals surface area contributed by atoms with E-state index < -0.39 is 5.91 Å². The summed E-state index contributed by atoms with van der Waals surface area (Å²) in [7, 11) is 0. The third-order valence-corrected chi connectivity index (χ3v) is 4.08. The molecule has 0 spiro atoms. The number of nitrogens with zero attached hydrogens (tertiary/aromatic N) is 3. The number of rotatable bonds is 6. The normalized spacial score (nSPS) is 10.5. The average molecular weight is 378 g/mol. The van der Waals surface area contributed by atoms with Crippen LogP contribution in [-0.4, -0.2) is 26.8 Å². The molecule has 3 rings (SSSR count). The molecule has 1 aromatic heterocycles. The zero-order valence-electron chi connectivity index (χ0n) is 15.8. The Labute approximate surface area is 162 Å². The van der Waals surface area contributed by atoms with Crippen LogP contribution < -0.4 is 16.4 Å². The van der Waals surface area contributed by atoms with Crippen LogP contribution in [0.5, 0.6) is 0 Å². The van der Waals surface area contributed by atoms with Gasteiger partial charge >= 0.3 is 0 Å². The SMILES string of the molecule is Cc1cc(C)cc(NC(=O)Cn2nnc(C(=O)NCc3ccccc3)c2N)c1. The highest BCUT2D eigenvalue weighted by Gasteiger charge is 2.18. The molecule has 0 aliphatic carbocycles. The maximum absolute atomic E-state index is 12.3. The number of amides is 2. The number of aryl methyl sites for hydroxylation is 2. The van der Waals surface area contributed by atoms with Gasteiger partial charge in [-0.25, -0.2) is 4.68 Å². The lowest BCUT2D eigenvalue weighted by molar-refractivity contribution is -0.116. The average Bonchev–Trinajstić information content (AvgIpc) is 3.00. The summed E-state index contributed by atoms with van der Waals surface area (Å²) in [4.78, 5) is 24.6. The van der Waals surface area contributed by atoms with Gasteiger partial charge in [0, 0.05) is 12.2 Å². The van der Waals surface area contributed by atoms with Crippen LogP contribution in [0.4, 0.5) is 11.5 Å². The van der Waals surface area contributed by atoms with Crippen molar-refractivity contribution in [2.75, 3.05) is 11.1 Å². The number of carbonyl (C=O) groups is 2. The molecule has 0 aliphatic rings. The van der Waals surface area contributed by atoms with E-state index in [9.17, 15) is 9.59 Å². The first-order valence-corrected chi connectivity index (χ1v) is 8.81. The van der Waals surface area contributed by atoms with Crippen LogP contribution in [0.2, 0.25) is 0 Å². The van der Waals surface area contributed by atoms with Crippen molar-refractivity contribution in [2.24, 2.45) is 0 Å². The monoisotopic (exact) mass is 378 g/mol. The molecule has 2 amide bonds. The highest BCUT2D eigenvalue weighted by atomic mass is 16.2. The van der Waals surface area contributed by atoms with E-state index in [-0.39, 0.29) is 24.0 Å². The van der Waals surface area contributed by atoms with Crippen LogP contribution in [-0.2, 0) is 17.9 Å². The van der Waals surface area contributed by atoms with Gasteiger partial charge in [-0.2, -0.15) is 0 Å². The minimum absolute atomic E-state index is 0.00451. The molecular weight excluding hydrogens is 356 g/mol. The predicted octanol–water partition coefficient (Wildman–Crippen LogP) is 2.05. The lowest BCUT2D eigenvalue weighted by atomic mass is 10.1. The van der Waals surface area contributed by atoms with Crippen LogP contribution in [0.25, 0.3) is 0 Å². The van der Waals surface area contributed by atoms with E-state index >= 15 is 0 Å². The van der Waals surface area contributed by atoms with Gasteiger partial charge in [-0.1, -0.05) is 41.6 Å². The Morgan fingerprint density at radius 2 is 1.75 bits per heavy atom. The van der Waals surface area contributed by atoms with E-state index in [1.165, 1.54) is 4.68 Å². The molecule has 8 heteroatoms. The number of nitrogens with two attached hydrogens (primary N) is 1. The van der Waals surface area contributed by atoms with Gasteiger partial charge in [0.15, 0.2) is 11.5 Å². The fourth-order valence-electron chi connectivity index (χ4n) is 2.84. The first-order valence-electron chi connectivity index (χ1n) is 8.81. The van der Waals surface area contributed by atoms with Gasteiger partial charge in [-0.05, 0) is 42.7 Å². The van der Waals surface area contributed by atoms with Crippen molar-refractivity contribution in [3.05, 3.63) is 70.9 Å². The number of benzene rings is 2. The number of nitrogen functional groups attached to an aromatic ring is 1. The fourth-order valence-corrected chi connectivity index (χ4v) is 2.84. The van der Waals surface area contributed by atoms with Crippen molar-refractivity contribution in [3.63, 3.8) is 0 Å². The quantitative estimate of drug-likeness (QED) is 0.607. The largest absolute Gasteiger partial charge is 0.382 e. The molecule has 0 atom stereocenters. The number of hydrogen-bond donors (Lipinski definition) is 3. The van der Waals surface area contributed by atoms with Crippen LogP contribution in [0.1, 0.15) is 27.2 Å². The minimum atomic E-state index is -0.442. The molecule has 0 radical (unpaired) electrons. The number of aromatic nitrogens is 3. The maximum atomic E-state index is 12.3. The van der Waals surface area contributed by atoms with Crippen LogP contribution in [0.3, 0.4) is 0 Å². The van der Waals surface area contributed by atoms with Crippen molar-refractivity contribution >= 4 is 23.3 Å². The molecule has 0 fully saturated rings. The van der Waals surface area contributed by atoms with Crippen LogP contribution in [0, 0.1) is 13.8 Å². The molecule has 28 heavy (non-hydrogen) atoms. The first kappa shape index (κ1) is 19.1. The second-order valence-corrected chi connectivity index (χ2v) is 6.57. The number of nitrogens with one attached hydrogen (secondary N) is 2. The summed E-state index contributed by atoms with van der Waals surface area (Å²) in [5.74, 6) is -0.707. The second kappa shape index (κ2) is 8.34. The molecule has 4 N–H and O–H groups in total. The summed E-state index contributed by atoms with van der Waals surface area (Å²) < 4.78 is 1.20. The Hall–Kier alpha value is -3.68. The van der Waals surface area contributed by atoms with Gasteiger partial charge < -0.3 is 16.4 Å². The molecular formula is C20H22N6O2. The lowest BCUT2D eigenvalue weighted by Crippen LogP contribution is -2.25.